The molecule has 1 aliphatic heterocycles. The Kier molecular flexibility index (Phi) is 4.27. The first kappa shape index (κ1) is 13.7. The van der Waals surface area contributed by atoms with Gasteiger partial charge in [0, 0.05) is 6.54 Å². The molecule has 2 N–H and O–H groups in total. The van der Waals surface area contributed by atoms with E-state index >= 15 is 0 Å². The molecule has 0 bridgehead atoms. The highest BCUT2D eigenvalue weighted by molar-refractivity contribution is 5.70. The van der Waals surface area contributed by atoms with Crippen LogP contribution in [0.4, 0.5) is 0 Å². The quantitative estimate of drug-likeness (QED) is 0.842. The van der Waals surface area contributed by atoms with Crippen molar-refractivity contribution in [1.29, 1.82) is 0 Å². The minimum absolute atomic E-state index is 0.0372. The van der Waals surface area contributed by atoms with E-state index in [2.05, 4.69) is 4.90 Å². The maximum absolute atomic E-state index is 11.3. The second-order valence-corrected chi connectivity index (χ2v) is 5.03. The molecule has 0 aliphatic carbocycles. The first-order valence-electron chi connectivity index (χ1n) is 6.40. The molecule has 0 amide bonds. The highest BCUT2D eigenvalue weighted by Gasteiger charge is 2.33. The molecular formula is C14H19NO4. The third kappa shape index (κ3) is 3.38. The number of para-hydroxylation sites is 2. The van der Waals surface area contributed by atoms with Gasteiger partial charge in [-0.3, -0.25) is 4.79 Å². The summed E-state index contributed by atoms with van der Waals surface area (Å²) in [6.45, 7) is 1.79. The van der Waals surface area contributed by atoms with Gasteiger partial charge in [-0.2, -0.15) is 0 Å². The normalized spacial score (nSPS) is 21.2. The SMILES string of the molecule is CN1CCC(C(COc2ccccc2O)C(=O)O)C1. The van der Waals surface area contributed by atoms with Gasteiger partial charge in [0.1, 0.15) is 6.61 Å². The summed E-state index contributed by atoms with van der Waals surface area (Å²) in [5.41, 5.74) is 0. The number of carboxylic acid groups (broad SMARTS) is 1. The lowest BCUT2D eigenvalue weighted by Gasteiger charge is -2.20. The van der Waals surface area contributed by atoms with Gasteiger partial charge in [0.25, 0.3) is 0 Å². The fraction of sp³-hybridized carbons (Fsp3) is 0.500. The van der Waals surface area contributed by atoms with Crippen molar-refractivity contribution >= 4 is 5.97 Å². The first-order chi connectivity index (χ1) is 9.08. The minimum atomic E-state index is -0.837. The van der Waals surface area contributed by atoms with Crippen molar-refractivity contribution in [3.05, 3.63) is 24.3 Å². The van der Waals surface area contributed by atoms with Crippen LogP contribution in [0.2, 0.25) is 0 Å². The average Bonchev–Trinajstić information content (AvgIpc) is 2.78. The fourth-order valence-electron chi connectivity index (χ4n) is 2.47. The molecule has 19 heavy (non-hydrogen) atoms. The number of phenols is 1. The van der Waals surface area contributed by atoms with Crippen molar-refractivity contribution in [2.75, 3.05) is 26.7 Å². The summed E-state index contributed by atoms with van der Waals surface area (Å²) in [5.74, 6) is -0.899. The molecule has 0 aromatic heterocycles. The van der Waals surface area contributed by atoms with Gasteiger partial charge in [-0.1, -0.05) is 12.1 Å². The number of carbonyl (C=O) groups is 1. The first-order valence-corrected chi connectivity index (χ1v) is 6.40. The number of likely N-dealkylation sites (tertiary alicyclic amines) is 1. The molecule has 2 rings (SSSR count). The van der Waals surface area contributed by atoms with E-state index < -0.39 is 11.9 Å². The van der Waals surface area contributed by atoms with E-state index in [4.69, 9.17) is 4.74 Å². The maximum Gasteiger partial charge on any atom is 0.310 e. The number of nitrogens with zero attached hydrogens (tertiary/aromatic N) is 1. The molecular weight excluding hydrogens is 246 g/mol. The van der Waals surface area contributed by atoms with Crippen LogP contribution < -0.4 is 4.74 Å². The maximum atomic E-state index is 11.3. The van der Waals surface area contributed by atoms with Crippen molar-refractivity contribution in [1.82, 2.24) is 4.90 Å². The van der Waals surface area contributed by atoms with E-state index in [1.165, 1.54) is 6.07 Å². The molecule has 5 heteroatoms. The van der Waals surface area contributed by atoms with E-state index in [0.717, 1.165) is 19.5 Å². The Morgan fingerprint density at radius 2 is 2.26 bits per heavy atom. The Labute approximate surface area is 112 Å². The van der Waals surface area contributed by atoms with Crippen LogP contribution in [0.15, 0.2) is 24.3 Å². The van der Waals surface area contributed by atoms with Crippen LogP contribution in [-0.2, 0) is 4.79 Å². The van der Waals surface area contributed by atoms with E-state index in [9.17, 15) is 15.0 Å². The van der Waals surface area contributed by atoms with E-state index in [0.29, 0.717) is 5.75 Å². The molecule has 0 saturated carbocycles. The molecule has 0 radical (unpaired) electrons. The van der Waals surface area contributed by atoms with Crippen molar-refractivity contribution in [2.45, 2.75) is 6.42 Å². The zero-order valence-electron chi connectivity index (χ0n) is 11.0. The van der Waals surface area contributed by atoms with E-state index in [1.807, 2.05) is 7.05 Å². The van der Waals surface area contributed by atoms with Gasteiger partial charge in [0.2, 0.25) is 0 Å². The Morgan fingerprint density at radius 1 is 1.53 bits per heavy atom. The molecule has 1 fully saturated rings. The Hall–Kier alpha value is -1.75. The largest absolute Gasteiger partial charge is 0.504 e. The summed E-state index contributed by atoms with van der Waals surface area (Å²) in [4.78, 5) is 13.5. The Balaban J connectivity index is 1.98. The monoisotopic (exact) mass is 265 g/mol. The third-order valence-corrected chi connectivity index (χ3v) is 3.60. The summed E-state index contributed by atoms with van der Waals surface area (Å²) in [6, 6.07) is 6.60. The molecule has 5 nitrogen and oxygen atoms in total. The number of hydrogen-bond donors (Lipinski definition) is 2. The number of ether oxygens (including phenoxy) is 1. The standard InChI is InChI=1S/C14H19NO4/c1-15-7-6-10(8-15)11(14(17)18)9-19-13-5-3-2-4-12(13)16/h2-5,10-11,16H,6-9H2,1H3,(H,17,18). The van der Waals surface area contributed by atoms with Gasteiger partial charge >= 0.3 is 5.97 Å². The predicted molar refractivity (Wildman–Crippen MR) is 70.3 cm³/mol. The van der Waals surface area contributed by atoms with Crippen molar-refractivity contribution in [3.8, 4) is 11.5 Å². The molecule has 2 unspecified atom stereocenters. The van der Waals surface area contributed by atoms with Crippen molar-refractivity contribution in [2.24, 2.45) is 11.8 Å². The summed E-state index contributed by atoms with van der Waals surface area (Å²) in [6.07, 6.45) is 0.873. The minimum Gasteiger partial charge on any atom is -0.504 e. The second-order valence-electron chi connectivity index (χ2n) is 5.03. The van der Waals surface area contributed by atoms with Gasteiger partial charge in [0.05, 0.1) is 5.92 Å². The molecule has 2 atom stereocenters. The van der Waals surface area contributed by atoms with Crippen molar-refractivity contribution < 1.29 is 19.7 Å². The number of aliphatic carboxylic acids is 1. The number of carboxylic acids is 1. The zero-order valence-corrected chi connectivity index (χ0v) is 11.0. The number of phenolic OH excluding ortho intramolecular Hbond substituents is 1. The zero-order chi connectivity index (χ0) is 13.8. The third-order valence-electron chi connectivity index (χ3n) is 3.60. The number of rotatable bonds is 5. The highest BCUT2D eigenvalue weighted by atomic mass is 16.5. The Morgan fingerprint density at radius 3 is 2.84 bits per heavy atom. The summed E-state index contributed by atoms with van der Waals surface area (Å²) in [5, 5.41) is 18.9. The molecule has 104 valence electrons. The van der Waals surface area contributed by atoms with Crippen LogP contribution in [0.3, 0.4) is 0 Å². The molecule has 1 aromatic rings. The van der Waals surface area contributed by atoms with Crippen LogP contribution in [0.1, 0.15) is 6.42 Å². The number of benzene rings is 1. The van der Waals surface area contributed by atoms with Gasteiger partial charge in [-0.05, 0) is 38.1 Å². The second kappa shape index (κ2) is 5.93. The van der Waals surface area contributed by atoms with Crippen LogP contribution in [0.5, 0.6) is 11.5 Å². The van der Waals surface area contributed by atoms with Gasteiger partial charge in [-0.25, -0.2) is 0 Å². The molecule has 1 aliphatic rings. The molecule has 0 spiro atoms. The van der Waals surface area contributed by atoms with Gasteiger partial charge < -0.3 is 19.8 Å². The summed E-state index contributed by atoms with van der Waals surface area (Å²) < 4.78 is 5.46. The summed E-state index contributed by atoms with van der Waals surface area (Å²) >= 11 is 0. The van der Waals surface area contributed by atoms with Crippen LogP contribution in [-0.4, -0.2) is 47.8 Å². The lowest BCUT2D eigenvalue weighted by atomic mass is 9.92. The molecule has 1 aromatic carbocycles. The lowest BCUT2D eigenvalue weighted by molar-refractivity contribution is -0.144. The molecule has 1 saturated heterocycles. The predicted octanol–water partition coefficient (Wildman–Crippen LogP) is 1.42. The van der Waals surface area contributed by atoms with Gasteiger partial charge in [0.15, 0.2) is 11.5 Å². The smallest absolute Gasteiger partial charge is 0.310 e. The van der Waals surface area contributed by atoms with Crippen LogP contribution >= 0.6 is 0 Å². The number of hydrogen-bond acceptors (Lipinski definition) is 4. The highest BCUT2D eigenvalue weighted by Crippen LogP contribution is 2.28. The lowest BCUT2D eigenvalue weighted by Crippen LogP contribution is -2.31. The Bertz CT molecular complexity index is 449. The fourth-order valence-corrected chi connectivity index (χ4v) is 2.47. The average molecular weight is 265 g/mol. The van der Waals surface area contributed by atoms with Crippen molar-refractivity contribution in [3.63, 3.8) is 0 Å². The summed E-state index contributed by atoms with van der Waals surface area (Å²) in [7, 11) is 1.99. The van der Waals surface area contributed by atoms with E-state index in [1.54, 1.807) is 18.2 Å². The van der Waals surface area contributed by atoms with E-state index in [-0.39, 0.29) is 18.3 Å². The van der Waals surface area contributed by atoms with Crippen LogP contribution in [0, 0.1) is 11.8 Å². The van der Waals surface area contributed by atoms with Gasteiger partial charge in [-0.15, -0.1) is 0 Å². The van der Waals surface area contributed by atoms with Crippen LogP contribution in [0.25, 0.3) is 0 Å². The number of aromatic hydroxyl groups is 1. The molecule has 1 heterocycles. The topological polar surface area (TPSA) is 70.0 Å².